The third-order valence-electron chi connectivity index (χ3n) is 9.52. The van der Waals surface area contributed by atoms with Crippen molar-refractivity contribution in [2.45, 2.75) is 81.6 Å². The minimum absolute atomic E-state index is 0.0466. The van der Waals surface area contributed by atoms with E-state index in [1.54, 1.807) is 45.2 Å². The molecule has 276 valence electrons. The number of ether oxygens (including phenoxy) is 1. The number of amides is 3. The fourth-order valence-corrected chi connectivity index (χ4v) is 7.80. The molecule has 11 nitrogen and oxygen atoms in total. The number of benzene rings is 2. The first-order valence-electron chi connectivity index (χ1n) is 16.6. The molecule has 0 radical (unpaired) electrons. The molecule has 2 saturated carbocycles. The summed E-state index contributed by atoms with van der Waals surface area (Å²) in [6.45, 7) is 4.76. The Labute approximate surface area is 297 Å². The van der Waals surface area contributed by atoms with Crippen LogP contribution in [-0.2, 0) is 30.6 Å². The topological polar surface area (TPSA) is 147 Å². The molecule has 2 aromatic carbocycles. The van der Waals surface area contributed by atoms with Gasteiger partial charge in [0.25, 0.3) is 5.91 Å². The number of anilines is 1. The molecule has 6 rings (SSSR count). The summed E-state index contributed by atoms with van der Waals surface area (Å²) in [7, 11) is -3.99. The monoisotopic (exact) mass is 743 g/mol. The van der Waals surface area contributed by atoms with Crippen molar-refractivity contribution in [3.63, 3.8) is 0 Å². The number of nitrogens with zero attached hydrogens (tertiary/aromatic N) is 2. The first kappa shape index (κ1) is 36.9. The van der Waals surface area contributed by atoms with E-state index in [4.69, 9.17) is 11.2 Å². The number of sulfonamides is 1. The van der Waals surface area contributed by atoms with E-state index in [0.717, 1.165) is 11.5 Å². The number of pyridine rings is 1. The third-order valence-corrected chi connectivity index (χ3v) is 11.3. The van der Waals surface area contributed by atoms with Gasteiger partial charge >= 0.3 is 6.18 Å². The molecule has 1 saturated heterocycles. The number of carbonyl (C=O) groups is 3. The normalized spacial score (nSPS) is 23.7. The molecule has 3 amide bonds. The minimum atomic E-state index is -4.86. The van der Waals surface area contributed by atoms with Gasteiger partial charge in [-0.1, -0.05) is 39.0 Å². The highest BCUT2D eigenvalue weighted by molar-refractivity contribution is 7.91. The van der Waals surface area contributed by atoms with Crippen LogP contribution < -0.4 is 20.1 Å². The zero-order chi connectivity index (χ0) is 37.8. The van der Waals surface area contributed by atoms with Crippen LogP contribution in [0.1, 0.15) is 52.0 Å². The fourth-order valence-electron chi connectivity index (χ4n) is 6.43. The largest absolute Gasteiger partial charge is 0.472 e. The average molecular weight is 744 g/mol. The number of hydrogen-bond acceptors (Lipinski definition) is 8. The van der Waals surface area contributed by atoms with Crippen LogP contribution in [0.5, 0.6) is 5.88 Å². The Morgan fingerprint density at radius 2 is 1.81 bits per heavy atom. The van der Waals surface area contributed by atoms with Crippen molar-refractivity contribution >= 4 is 44.2 Å². The van der Waals surface area contributed by atoms with Gasteiger partial charge in [0.2, 0.25) is 27.7 Å². The second-order valence-electron chi connectivity index (χ2n) is 14.5. The maximum Gasteiger partial charge on any atom is 0.416 e. The van der Waals surface area contributed by atoms with Gasteiger partial charge in [0, 0.05) is 23.7 Å². The lowest BCUT2D eigenvalue weighted by Crippen LogP contribution is -2.58. The lowest BCUT2D eigenvalue weighted by atomic mass is 9.85. The Kier molecular flexibility index (Phi) is 9.40. The average Bonchev–Trinajstić information content (AvgIpc) is 3.99. The Morgan fingerprint density at radius 3 is 2.44 bits per heavy atom. The highest BCUT2D eigenvalue weighted by Crippen LogP contribution is 2.44. The highest BCUT2D eigenvalue weighted by atomic mass is 32.2. The van der Waals surface area contributed by atoms with E-state index in [0.29, 0.717) is 30.4 Å². The number of terminal acetylenes is 1. The van der Waals surface area contributed by atoms with Gasteiger partial charge < -0.3 is 20.3 Å². The number of nitrogens with one attached hydrogen (secondary N) is 3. The molecule has 5 unspecified atom stereocenters. The van der Waals surface area contributed by atoms with Crippen LogP contribution in [-0.4, -0.2) is 71.5 Å². The maximum atomic E-state index is 14.5. The van der Waals surface area contributed by atoms with Crippen molar-refractivity contribution in [3.8, 4) is 18.2 Å². The second-order valence-corrected chi connectivity index (χ2v) is 16.5. The lowest BCUT2D eigenvalue weighted by molar-refractivity contribution is -0.141. The first-order chi connectivity index (χ1) is 24.3. The van der Waals surface area contributed by atoms with Crippen LogP contribution in [0.25, 0.3) is 10.8 Å². The number of rotatable bonds is 10. The van der Waals surface area contributed by atoms with Gasteiger partial charge in [-0.15, -0.1) is 12.3 Å². The van der Waals surface area contributed by atoms with Gasteiger partial charge in [-0.25, -0.2) is 17.8 Å². The number of aromatic nitrogens is 1. The Balaban J connectivity index is 1.32. The van der Waals surface area contributed by atoms with Gasteiger partial charge in [-0.2, -0.15) is 13.2 Å². The number of carbonyl (C=O) groups excluding carboxylic acids is 3. The van der Waals surface area contributed by atoms with E-state index in [9.17, 15) is 40.4 Å². The SMILES string of the molecule is C#CC1CC1(NC(=O)C1CC(Oc2nccc3ccccc23)CN1C(=O)C(Nc1cc(F)cc(C(F)(F)F)c1)C(C)(C)C)C(=O)NS(=O)(=O)C1CC1. The van der Waals surface area contributed by atoms with Gasteiger partial charge in [-0.05, 0) is 60.4 Å². The summed E-state index contributed by atoms with van der Waals surface area (Å²) in [6.07, 6.45) is 2.11. The summed E-state index contributed by atoms with van der Waals surface area (Å²) in [4.78, 5) is 47.6. The van der Waals surface area contributed by atoms with Crippen LogP contribution in [0.4, 0.5) is 23.2 Å². The molecule has 2 heterocycles. The van der Waals surface area contributed by atoms with Crippen LogP contribution in [0.2, 0.25) is 0 Å². The zero-order valence-corrected chi connectivity index (χ0v) is 29.3. The molecular formula is C36H37F4N5O6S. The quantitative estimate of drug-likeness (QED) is 0.205. The van der Waals surface area contributed by atoms with Gasteiger partial charge in [0.05, 0.1) is 23.3 Å². The predicted molar refractivity (Wildman–Crippen MR) is 182 cm³/mol. The van der Waals surface area contributed by atoms with Gasteiger partial charge in [-0.3, -0.25) is 19.1 Å². The summed E-state index contributed by atoms with van der Waals surface area (Å²) in [6, 6.07) is 8.31. The smallest absolute Gasteiger partial charge is 0.416 e. The Morgan fingerprint density at radius 1 is 1.10 bits per heavy atom. The van der Waals surface area contributed by atoms with Gasteiger partial charge in [0.1, 0.15) is 29.5 Å². The number of halogens is 4. The zero-order valence-electron chi connectivity index (χ0n) is 28.5. The van der Waals surface area contributed by atoms with Crippen LogP contribution >= 0.6 is 0 Å². The number of fused-ring (bicyclic) bond motifs is 1. The van der Waals surface area contributed by atoms with E-state index in [1.807, 2.05) is 16.9 Å². The van der Waals surface area contributed by atoms with Crippen molar-refractivity contribution in [2.75, 3.05) is 11.9 Å². The van der Waals surface area contributed by atoms with E-state index in [1.165, 1.54) is 4.90 Å². The van der Waals surface area contributed by atoms with E-state index in [-0.39, 0.29) is 31.0 Å². The molecule has 2 aliphatic carbocycles. The van der Waals surface area contributed by atoms with E-state index >= 15 is 0 Å². The Bertz CT molecular complexity index is 2070. The highest BCUT2D eigenvalue weighted by Gasteiger charge is 2.63. The molecule has 3 aliphatic rings. The molecule has 0 bridgehead atoms. The number of alkyl halides is 3. The first-order valence-corrected chi connectivity index (χ1v) is 18.2. The number of hydrogen-bond donors (Lipinski definition) is 3. The molecule has 1 aromatic heterocycles. The summed E-state index contributed by atoms with van der Waals surface area (Å²) in [5.74, 6) is -1.89. The van der Waals surface area contributed by atoms with Crippen molar-refractivity contribution in [1.82, 2.24) is 19.9 Å². The maximum absolute atomic E-state index is 14.5. The molecule has 3 N–H and O–H groups in total. The van der Waals surface area contributed by atoms with Crippen LogP contribution in [0, 0.1) is 29.5 Å². The van der Waals surface area contributed by atoms with Crippen molar-refractivity contribution in [3.05, 3.63) is 66.1 Å². The summed E-state index contributed by atoms with van der Waals surface area (Å²) >= 11 is 0. The van der Waals surface area contributed by atoms with Crippen molar-refractivity contribution in [1.29, 1.82) is 0 Å². The summed E-state index contributed by atoms with van der Waals surface area (Å²) in [5, 5.41) is 6.16. The summed E-state index contributed by atoms with van der Waals surface area (Å²) < 4.78 is 88.6. The minimum Gasteiger partial charge on any atom is -0.472 e. The molecule has 1 aliphatic heterocycles. The molecule has 52 heavy (non-hydrogen) atoms. The number of likely N-dealkylation sites (tertiary alicyclic amines) is 1. The predicted octanol–water partition coefficient (Wildman–Crippen LogP) is 4.38. The van der Waals surface area contributed by atoms with Crippen molar-refractivity contribution < 1.29 is 45.1 Å². The molecule has 3 fully saturated rings. The van der Waals surface area contributed by atoms with Gasteiger partial charge in [0.15, 0.2) is 0 Å². The standard InChI is InChI=1S/C36H37F4N5O6S/c1-5-21-18-35(21,33(48)44-52(49,50)26-10-11-26)43-30(46)28-17-25(51-31-27-9-7-6-8-20(27)12-13-41-31)19-45(28)32(47)29(34(2,3)4)42-24-15-22(36(38,39)40)14-23(37)16-24/h1,6-9,12-16,21,25-26,28-29,42H,10-11,17-19H2,2-4H3,(H,43,46)(H,44,48). The third kappa shape index (κ3) is 7.50. The summed E-state index contributed by atoms with van der Waals surface area (Å²) in [5.41, 5.74) is -4.32. The van der Waals surface area contributed by atoms with E-state index < -0.39 is 85.6 Å². The van der Waals surface area contributed by atoms with E-state index in [2.05, 4.69) is 21.5 Å². The molecule has 0 spiro atoms. The lowest BCUT2D eigenvalue weighted by Gasteiger charge is -2.36. The molecule has 5 atom stereocenters. The second kappa shape index (κ2) is 13.3. The fraction of sp³-hybridized carbons (Fsp3) is 0.444. The van der Waals surface area contributed by atoms with Crippen molar-refractivity contribution in [2.24, 2.45) is 11.3 Å². The van der Waals surface area contributed by atoms with Crippen LogP contribution in [0.15, 0.2) is 54.7 Å². The molecule has 16 heteroatoms. The van der Waals surface area contributed by atoms with Crippen LogP contribution in [0.3, 0.4) is 0 Å². The molecular weight excluding hydrogens is 706 g/mol. The Hall–Kier alpha value is -4.91. The molecule has 3 aromatic rings.